The van der Waals surface area contributed by atoms with Crippen LogP contribution in [0, 0.1) is 17.5 Å². The summed E-state index contributed by atoms with van der Waals surface area (Å²) in [5.41, 5.74) is 0.0732. The molecule has 0 aliphatic carbocycles. The zero-order valence-corrected chi connectivity index (χ0v) is 12.7. The van der Waals surface area contributed by atoms with Crippen molar-refractivity contribution in [2.75, 3.05) is 11.9 Å². The molecule has 7 heteroatoms. The molecule has 4 nitrogen and oxygen atoms in total. The van der Waals surface area contributed by atoms with Crippen molar-refractivity contribution in [1.29, 1.82) is 0 Å². The second kappa shape index (κ2) is 8.35. The Morgan fingerprint density at radius 3 is 2.29 bits per heavy atom. The fourth-order valence-electron chi connectivity index (χ4n) is 2.27. The number of halogens is 3. The Morgan fingerprint density at radius 2 is 1.71 bits per heavy atom. The quantitative estimate of drug-likeness (QED) is 0.751. The Balaban J connectivity index is 2.11. The molecule has 3 N–H and O–H groups in total. The second-order valence-corrected chi connectivity index (χ2v) is 5.17. The molecule has 0 bridgehead atoms. The van der Waals surface area contributed by atoms with E-state index in [1.54, 1.807) is 24.3 Å². The topological polar surface area (TPSA) is 61.4 Å². The highest BCUT2D eigenvalue weighted by Crippen LogP contribution is 2.22. The Morgan fingerprint density at radius 1 is 1.08 bits per heavy atom. The van der Waals surface area contributed by atoms with Crippen molar-refractivity contribution in [2.45, 2.75) is 18.9 Å². The van der Waals surface area contributed by atoms with Crippen molar-refractivity contribution in [2.24, 2.45) is 0 Å². The number of benzene rings is 2. The van der Waals surface area contributed by atoms with Gasteiger partial charge in [-0.3, -0.25) is 0 Å². The van der Waals surface area contributed by atoms with E-state index in [1.165, 1.54) is 0 Å². The first-order valence-electron chi connectivity index (χ1n) is 7.39. The van der Waals surface area contributed by atoms with Gasteiger partial charge in [0.15, 0.2) is 11.6 Å². The number of carbonyl (C=O) groups excluding carboxylic acids is 1. The van der Waals surface area contributed by atoms with E-state index in [1.807, 2.05) is 6.07 Å². The predicted octanol–water partition coefficient (Wildman–Crippen LogP) is 3.74. The van der Waals surface area contributed by atoms with E-state index in [0.717, 1.165) is 5.56 Å². The van der Waals surface area contributed by atoms with Gasteiger partial charge in [0, 0.05) is 18.7 Å². The number of hydrogen-bond acceptors (Lipinski definition) is 2. The van der Waals surface area contributed by atoms with Gasteiger partial charge in [-0.05, 0) is 18.4 Å². The minimum Gasteiger partial charge on any atom is -0.396 e. The molecule has 2 aromatic carbocycles. The van der Waals surface area contributed by atoms with Crippen LogP contribution in [0.3, 0.4) is 0 Å². The standard InChI is InChI=1S/C17H17F3N2O2/c18-12-9-13(19)16(14(20)10-12)22-17(24)21-15(7-4-8-23)11-5-2-1-3-6-11/h1-3,5-6,9-10,15,23H,4,7-8H2,(H2,21,22,24). The van der Waals surface area contributed by atoms with E-state index in [4.69, 9.17) is 5.11 Å². The lowest BCUT2D eigenvalue weighted by molar-refractivity contribution is 0.243. The van der Waals surface area contributed by atoms with Gasteiger partial charge in [-0.25, -0.2) is 18.0 Å². The molecule has 1 atom stereocenters. The number of nitrogens with one attached hydrogen (secondary N) is 2. The van der Waals surface area contributed by atoms with Crippen LogP contribution in [0.2, 0.25) is 0 Å². The van der Waals surface area contributed by atoms with Crippen LogP contribution >= 0.6 is 0 Å². The molecule has 0 aliphatic heterocycles. The maximum atomic E-state index is 13.6. The third-order valence-corrected chi connectivity index (χ3v) is 3.40. The highest BCUT2D eigenvalue weighted by Gasteiger charge is 2.18. The zero-order chi connectivity index (χ0) is 17.5. The fraction of sp³-hybridized carbons (Fsp3) is 0.235. The molecule has 2 aromatic rings. The summed E-state index contributed by atoms with van der Waals surface area (Å²) in [6.07, 6.45) is 0.890. The summed E-state index contributed by atoms with van der Waals surface area (Å²) in [4.78, 5) is 12.0. The van der Waals surface area contributed by atoms with Gasteiger partial charge < -0.3 is 15.7 Å². The number of anilines is 1. The monoisotopic (exact) mass is 338 g/mol. The van der Waals surface area contributed by atoms with Crippen molar-refractivity contribution in [3.8, 4) is 0 Å². The summed E-state index contributed by atoms with van der Waals surface area (Å²) >= 11 is 0. The van der Waals surface area contributed by atoms with E-state index in [-0.39, 0.29) is 6.61 Å². The van der Waals surface area contributed by atoms with Crippen LogP contribution < -0.4 is 10.6 Å². The first-order valence-corrected chi connectivity index (χ1v) is 7.39. The predicted molar refractivity (Wildman–Crippen MR) is 84.0 cm³/mol. The molecule has 0 spiro atoms. The molecule has 1 unspecified atom stereocenters. The molecule has 0 saturated carbocycles. The van der Waals surface area contributed by atoms with Crippen molar-refractivity contribution in [3.63, 3.8) is 0 Å². The van der Waals surface area contributed by atoms with Gasteiger partial charge in [0.25, 0.3) is 0 Å². The van der Waals surface area contributed by atoms with Gasteiger partial charge in [0.2, 0.25) is 0 Å². The Labute approximate surface area is 137 Å². The minimum atomic E-state index is -1.20. The Hall–Kier alpha value is -2.54. The van der Waals surface area contributed by atoms with Gasteiger partial charge in [0.05, 0.1) is 6.04 Å². The number of amides is 2. The van der Waals surface area contributed by atoms with Gasteiger partial charge >= 0.3 is 6.03 Å². The summed E-state index contributed by atoms with van der Waals surface area (Å²) in [6, 6.07) is 8.69. The number of urea groups is 1. The molecule has 128 valence electrons. The molecule has 0 aliphatic rings. The molecular formula is C17H17F3N2O2. The van der Waals surface area contributed by atoms with E-state index in [9.17, 15) is 18.0 Å². The fourth-order valence-corrected chi connectivity index (χ4v) is 2.27. The largest absolute Gasteiger partial charge is 0.396 e. The SMILES string of the molecule is O=C(Nc1c(F)cc(F)cc1F)NC(CCCO)c1ccccc1. The van der Waals surface area contributed by atoms with Gasteiger partial charge in [-0.2, -0.15) is 0 Å². The van der Waals surface area contributed by atoms with Crippen LogP contribution in [0.1, 0.15) is 24.4 Å². The molecule has 24 heavy (non-hydrogen) atoms. The Bertz CT molecular complexity index is 672. The second-order valence-electron chi connectivity index (χ2n) is 5.17. The third kappa shape index (κ3) is 4.73. The number of carbonyl (C=O) groups is 1. The summed E-state index contributed by atoms with van der Waals surface area (Å²) in [5.74, 6) is -3.47. The lowest BCUT2D eigenvalue weighted by atomic mass is 10.0. The van der Waals surface area contributed by atoms with Gasteiger partial charge in [-0.1, -0.05) is 30.3 Å². The first kappa shape index (κ1) is 17.8. The van der Waals surface area contributed by atoms with E-state index in [0.29, 0.717) is 25.0 Å². The maximum Gasteiger partial charge on any atom is 0.319 e. The summed E-state index contributed by atoms with van der Waals surface area (Å²) in [7, 11) is 0. The summed E-state index contributed by atoms with van der Waals surface area (Å²) in [6.45, 7) is -0.0478. The van der Waals surface area contributed by atoms with Gasteiger partial charge in [0.1, 0.15) is 11.5 Å². The number of aliphatic hydroxyl groups is 1. The molecule has 2 amide bonds. The molecule has 2 rings (SSSR count). The molecule has 0 saturated heterocycles. The minimum absolute atomic E-state index is 0.0478. The van der Waals surface area contributed by atoms with Crippen LogP contribution in [0.5, 0.6) is 0 Å². The van der Waals surface area contributed by atoms with Gasteiger partial charge in [-0.15, -0.1) is 0 Å². The van der Waals surface area contributed by atoms with Crippen LogP contribution in [-0.4, -0.2) is 17.7 Å². The molecule has 0 aromatic heterocycles. The van der Waals surface area contributed by atoms with E-state index < -0.39 is 35.2 Å². The average molecular weight is 338 g/mol. The zero-order valence-electron chi connectivity index (χ0n) is 12.7. The van der Waals surface area contributed by atoms with E-state index >= 15 is 0 Å². The van der Waals surface area contributed by atoms with Crippen molar-refractivity contribution in [3.05, 3.63) is 65.5 Å². The number of rotatable bonds is 6. The molecule has 0 radical (unpaired) electrons. The van der Waals surface area contributed by atoms with Crippen LogP contribution in [0.4, 0.5) is 23.7 Å². The lowest BCUT2D eigenvalue weighted by Gasteiger charge is -2.19. The third-order valence-electron chi connectivity index (χ3n) is 3.40. The summed E-state index contributed by atoms with van der Waals surface area (Å²) in [5, 5.41) is 13.6. The van der Waals surface area contributed by atoms with Crippen molar-refractivity contribution >= 4 is 11.7 Å². The van der Waals surface area contributed by atoms with Crippen LogP contribution in [0.15, 0.2) is 42.5 Å². The number of aliphatic hydroxyl groups excluding tert-OH is 1. The van der Waals surface area contributed by atoms with E-state index in [2.05, 4.69) is 10.6 Å². The Kier molecular flexibility index (Phi) is 6.20. The maximum absolute atomic E-state index is 13.6. The first-order chi connectivity index (χ1) is 11.5. The number of hydrogen-bond donors (Lipinski definition) is 3. The summed E-state index contributed by atoms with van der Waals surface area (Å²) < 4.78 is 40.0. The highest BCUT2D eigenvalue weighted by atomic mass is 19.1. The van der Waals surface area contributed by atoms with Crippen LogP contribution in [-0.2, 0) is 0 Å². The van der Waals surface area contributed by atoms with Crippen molar-refractivity contribution in [1.82, 2.24) is 5.32 Å². The molecule has 0 fully saturated rings. The smallest absolute Gasteiger partial charge is 0.319 e. The molecule has 0 heterocycles. The molecular weight excluding hydrogens is 321 g/mol. The normalized spacial score (nSPS) is 11.8. The lowest BCUT2D eigenvalue weighted by Crippen LogP contribution is -2.33. The highest BCUT2D eigenvalue weighted by molar-refractivity contribution is 5.89. The van der Waals surface area contributed by atoms with Crippen LogP contribution in [0.25, 0.3) is 0 Å². The van der Waals surface area contributed by atoms with Crippen molar-refractivity contribution < 1.29 is 23.1 Å². The average Bonchev–Trinajstić information content (AvgIpc) is 2.55.